The molecule has 0 bridgehead atoms. The minimum Gasteiger partial charge on any atom is -0.366 e. The zero-order chi connectivity index (χ0) is 16.3. The fourth-order valence-electron chi connectivity index (χ4n) is 1.58. The molecule has 4 nitrogen and oxygen atoms in total. The number of hydrogen-bond acceptors (Lipinski definition) is 2. The number of nitrogens with two attached hydrogens (primary N) is 2. The average Bonchev–Trinajstić information content (AvgIpc) is 2.32. The minimum atomic E-state index is -0.297. The largest absolute Gasteiger partial charge is 0.366 e. The number of hydrogen-bond donors (Lipinski definition) is 2. The van der Waals surface area contributed by atoms with Gasteiger partial charge in [0.2, 0.25) is 11.8 Å². The summed E-state index contributed by atoms with van der Waals surface area (Å²) >= 11 is 0. The van der Waals surface area contributed by atoms with Gasteiger partial charge < -0.3 is 11.5 Å². The summed E-state index contributed by atoms with van der Waals surface area (Å²) in [6.07, 6.45) is 5.41. The van der Waals surface area contributed by atoms with Crippen molar-refractivity contribution in [3.63, 3.8) is 0 Å². The lowest BCUT2D eigenvalue weighted by Gasteiger charge is -2.08. The van der Waals surface area contributed by atoms with Crippen LogP contribution in [0.4, 0.5) is 0 Å². The maximum Gasteiger partial charge on any atom is 0.244 e. The van der Waals surface area contributed by atoms with Crippen molar-refractivity contribution in [2.75, 3.05) is 0 Å². The summed E-state index contributed by atoms with van der Waals surface area (Å²) in [5, 5.41) is 0. The van der Waals surface area contributed by atoms with Crippen molar-refractivity contribution in [3.05, 3.63) is 23.3 Å². The molecule has 0 aromatic rings. The number of rotatable bonds is 6. The van der Waals surface area contributed by atoms with Crippen LogP contribution in [0.5, 0.6) is 0 Å². The average molecular weight is 282 g/mol. The molecule has 0 saturated carbocycles. The molecule has 0 aromatic carbocycles. The van der Waals surface area contributed by atoms with Crippen molar-refractivity contribution >= 4 is 11.8 Å². The first-order valence-electron chi connectivity index (χ1n) is 7.17. The molecule has 0 heterocycles. The van der Waals surface area contributed by atoms with Crippen LogP contribution in [0.3, 0.4) is 0 Å². The van der Waals surface area contributed by atoms with E-state index in [0.29, 0.717) is 5.92 Å². The summed E-state index contributed by atoms with van der Waals surface area (Å²) in [4.78, 5) is 21.3. The van der Waals surface area contributed by atoms with Gasteiger partial charge in [0.15, 0.2) is 0 Å². The molecule has 0 saturated heterocycles. The topological polar surface area (TPSA) is 86.2 Å². The van der Waals surface area contributed by atoms with E-state index in [1.165, 1.54) is 0 Å². The number of carbonyl (C=O) groups is 2. The highest BCUT2D eigenvalue weighted by molar-refractivity contribution is 5.92. The first kappa shape index (κ1) is 20.7. The summed E-state index contributed by atoms with van der Waals surface area (Å²) in [6, 6.07) is 0. The van der Waals surface area contributed by atoms with Gasteiger partial charge in [-0.25, -0.2) is 0 Å². The molecule has 0 radical (unpaired) electrons. The number of amides is 2. The van der Waals surface area contributed by atoms with Gasteiger partial charge in [0.1, 0.15) is 0 Å². The van der Waals surface area contributed by atoms with E-state index in [1.807, 2.05) is 53.7 Å². The Morgan fingerprint density at radius 2 is 1.50 bits per heavy atom. The molecule has 20 heavy (non-hydrogen) atoms. The summed E-state index contributed by atoms with van der Waals surface area (Å²) in [5.74, 6) is 0.0304. The molecule has 4 heteroatoms. The smallest absolute Gasteiger partial charge is 0.244 e. The molecular formula is C16H30N2O2. The Morgan fingerprint density at radius 1 is 1.00 bits per heavy atom. The second kappa shape index (κ2) is 11.3. The molecule has 0 aliphatic heterocycles. The van der Waals surface area contributed by atoms with Crippen molar-refractivity contribution in [2.45, 2.75) is 54.4 Å². The van der Waals surface area contributed by atoms with Gasteiger partial charge in [-0.2, -0.15) is 0 Å². The van der Waals surface area contributed by atoms with E-state index in [2.05, 4.69) is 0 Å². The molecule has 0 fully saturated rings. The van der Waals surface area contributed by atoms with Crippen molar-refractivity contribution < 1.29 is 9.59 Å². The van der Waals surface area contributed by atoms with Crippen LogP contribution in [0.25, 0.3) is 0 Å². The van der Waals surface area contributed by atoms with Crippen LogP contribution in [0.2, 0.25) is 0 Å². The van der Waals surface area contributed by atoms with Crippen LogP contribution in [0.1, 0.15) is 54.4 Å². The lowest BCUT2D eigenvalue weighted by atomic mass is 9.99. The standard InChI is InChI=1S/C9H17NO.C7H13NO/c1-6(2)5-8(7(3)4)9(10)11;1-3-5-6(4-2)7(8)9/h5-7H,1-4H3,(H2,10,11);5H,3-4H2,1-2H3,(H2,8,9). The molecular weight excluding hydrogens is 252 g/mol. The van der Waals surface area contributed by atoms with Gasteiger partial charge in [-0.15, -0.1) is 0 Å². The van der Waals surface area contributed by atoms with E-state index in [1.54, 1.807) is 0 Å². The molecule has 0 aromatic heterocycles. The summed E-state index contributed by atoms with van der Waals surface area (Å²) < 4.78 is 0. The fraction of sp³-hybridized carbons (Fsp3) is 0.625. The lowest BCUT2D eigenvalue weighted by Crippen LogP contribution is -2.18. The zero-order valence-electron chi connectivity index (χ0n) is 13.7. The molecule has 116 valence electrons. The van der Waals surface area contributed by atoms with E-state index < -0.39 is 0 Å². The van der Waals surface area contributed by atoms with E-state index in [0.717, 1.165) is 24.0 Å². The Kier molecular flexibility index (Phi) is 11.7. The van der Waals surface area contributed by atoms with Crippen LogP contribution >= 0.6 is 0 Å². The molecule has 0 atom stereocenters. The van der Waals surface area contributed by atoms with Gasteiger partial charge in [-0.3, -0.25) is 9.59 Å². The lowest BCUT2D eigenvalue weighted by molar-refractivity contribution is -0.115. The maximum absolute atomic E-state index is 10.8. The number of primary amides is 2. The predicted octanol–water partition coefficient (Wildman–Crippen LogP) is 2.93. The summed E-state index contributed by atoms with van der Waals surface area (Å²) in [5.41, 5.74) is 11.7. The number of allylic oxidation sites excluding steroid dienone is 2. The highest BCUT2D eigenvalue weighted by Crippen LogP contribution is 2.11. The van der Waals surface area contributed by atoms with E-state index in [-0.39, 0.29) is 17.7 Å². The Balaban J connectivity index is 0. The second-order valence-corrected chi connectivity index (χ2v) is 5.24. The molecule has 0 spiro atoms. The first-order valence-corrected chi connectivity index (χ1v) is 7.17. The Bertz CT molecular complexity index is 367. The maximum atomic E-state index is 10.8. The van der Waals surface area contributed by atoms with Crippen LogP contribution in [0.15, 0.2) is 23.3 Å². The van der Waals surface area contributed by atoms with Gasteiger partial charge in [0.25, 0.3) is 0 Å². The van der Waals surface area contributed by atoms with E-state index in [9.17, 15) is 9.59 Å². The third kappa shape index (κ3) is 10.4. The second-order valence-electron chi connectivity index (χ2n) is 5.24. The number of carbonyl (C=O) groups excluding carboxylic acids is 2. The molecule has 2 amide bonds. The van der Waals surface area contributed by atoms with Crippen molar-refractivity contribution in [1.29, 1.82) is 0 Å². The Morgan fingerprint density at radius 3 is 1.60 bits per heavy atom. The van der Waals surface area contributed by atoms with Crippen LogP contribution in [-0.4, -0.2) is 11.8 Å². The normalized spacial score (nSPS) is 12.2. The monoisotopic (exact) mass is 282 g/mol. The van der Waals surface area contributed by atoms with E-state index in [4.69, 9.17) is 11.5 Å². The van der Waals surface area contributed by atoms with Gasteiger partial charge in [-0.05, 0) is 24.7 Å². The van der Waals surface area contributed by atoms with Gasteiger partial charge in [0.05, 0.1) is 0 Å². The predicted molar refractivity (Wildman–Crippen MR) is 84.8 cm³/mol. The third-order valence-corrected chi connectivity index (χ3v) is 2.57. The Labute approximate surface area is 123 Å². The fourth-order valence-corrected chi connectivity index (χ4v) is 1.58. The molecule has 0 unspecified atom stereocenters. The van der Waals surface area contributed by atoms with Gasteiger partial charge >= 0.3 is 0 Å². The molecule has 0 aliphatic rings. The van der Waals surface area contributed by atoms with Crippen molar-refractivity contribution in [3.8, 4) is 0 Å². The molecule has 4 N–H and O–H groups in total. The molecule has 0 aliphatic carbocycles. The van der Waals surface area contributed by atoms with Gasteiger partial charge in [0, 0.05) is 11.1 Å². The third-order valence-electron chi connectivity index (χ3n) is 2.57. The van der Waals surface area contributed by atoms with Crippen LogP contribution in [0, 0.1) is 11.8 Å². The summed E-state index contributed by atoms with van der Waals surface area (Å²) in [6.45, 7) is 11.9. The van der Waals surface area contributed by atoms with Crippen LogP contribution in [-0.2, 0) is 9.59 Å². The first-order chi connectivity index (χ1) is 9.17. The van der Waals surface area contributed by atoms with Crippen molar-refractivity contribution in [2.24, 2.45) is 23.3 Å². The quantitative estimate of drug-likeness (QED) is 0.734. The molecule has 0 rings (SSSR count). The summed E-state index contributed by atoms with van der Waals surface area (Å²) in [7, 11) is 0. The van der Waals surface area contributed by atoms with E-state index >= 15 is 0 Å². The minimum absolute atomic E-state index is 0.231. The highest BCUT2D eigenvalue weighted by Gasteiger charge is 2.09. The zero-order valence-corrected chi connectivity index (χ0v) is 13.7. The van der Waals surface area contributed by atoms with Crippen molar-refractivity contribution in [1.82, 2.24) is 0 Å². The SMILES string of the molecule is CC(C)C=C(C(N)=O)C(C)C.CCC=C(CC)C(N)=O. The van der Waals surface area contributed by atoms with Gasteiger partial charge in [-0.1, -0.05) is 53.7 Å². The highest BCUT2D eigenvalue weighted by atomic mass is 16.1. The van der Waals surface area contributed by atoms with Crippen LogP contribution < -0.4 is 11.5 Å². The Hall–Kier alpha value is -1.58.